The summed E-state index contributed by atoms with van der Waals surface area (Å²) >= 11 is 0. The summed E-state index contributed by atoms with van der Waals surface area (Å²) in [7, 11) is 0. The van der Waals surface area contributed by atoms with E-state index in [1.807, 2.05) is 65.4 Å². The maximum atomic E-state index is 12.1. The minimum Gasteiger partial charge on any atom is -0.481 e. The lowest BCUT2D eigenvalue weighted by atomic mass is 10.2. The molecule has 6 nitrogen and oxygen atoms in total. The molecule has 0 saturated heterocycles. The van der Waals surface area contributed by atoms with Crippen LogP contribution in [0.25, 0.3) is 10.9 Å². The van der Waals surface area contributed by atoms with E-state index in [2.05, 4.69) is 17.8 Å². The maximum absolute atomic E-state index is 12.1. The number of nitrogens with one attached hydrogen (secondary N) is 2. The Morgan fingerprint density at radius 2 is 1.78 bits per heavy atom. The van der Waals surface area contributed by atoms with E-state index in [0.29, 0.717) is 5.75 Å². The highest BCUT2D eigenvalue weighted by Crippen LogP contribution is 2.15. The summed E-state index contributed by atoms with van der Waals surface area (Å²) in [6, 6.07) is 17.3. The molecule has 0 aliphatic carbocycles. The standard InChI is InChI=1S/C21H23N3O3/c1-3-16-8-10-18(11-9-16)27-15(2)21(26)23-22-20(25)14-24-13-12-17-6-4-5-7-19(17)24/h4-13,15H,3,14H2,1-2H3,(H,22,25)(H,23,26). The summed E-state index contributed by atoms with van der Waals surface area (Å²) in [6.45, 7) is 3.82. The average Bonchev–Trinajstić information content (AvgIpc) is 3.09. The van der Waals surface area contributed by atoms with Crippen LogP contribution in [-0.2, 0) is 22.6 Å². The molecule has 1 aromatic heterocycles. The number of carbonyl (C=O) groups is 2. The van der Waals surface area contributed by atoms with Gasteiger partial charge in [-0.25, -0.2) is 0 Å². The molecule has 2 N–H and O–H groups in total. The lowest BCUT2D eigenvalue weighted by Gasteiger charge is -2.15. The number of benzene rings is 2. The second kappa shape index (κ2) is 8.40. The van der Waals surface area contributed by atoms with Crippen molar-refractivity contribution in [3.8, 4) is 5.75 Å². The molecule has 1 heterocycles. The Morgan fingerprint density at radius 3 is 2.52 bits per heavy atom. The Balaban J connectivity index is 1.49. The van der Waals surface area contributed by atoms with E-state index in [1.54, 1.807) is 6.92 Å². The van der Waals surface area contributed by atoms with Crippen LogP contribution in [0, 0.1) is 0 Å². The van der Waals surface area contributed by atoms with Crippen molar-refractivity contribution < 1.29 is 14.3 Å². The van der Waals surface area contributed by atoms with Crippen LogP contribution in [0.2, 0.25) is 0 Å². The Hall–Kier alpha value is -3.28. The number of aryl methyl sites for hydroxylation is 1. The van der Waals surface area contributed by atoms with Crippen LogP contribution in [0.1, 0.15) is 19.4 Å². The van der Waals surface area contributed by atoms with Crippen molar-refractivity contribution in [3.05, 3.63) is 66.4 Å². The van der Waals surface area contributed by atoms with Crippen LogP contribution in [0.4, 0.5) is 0 Å². The van der Waals surface area contributed by atoms with Gasteiger partial charge in [0, 0.05) is 11.7 Å². The summed E-state index contributed by atoms with van der Waals surface area (Å²) in [6.07, 6.45) is 2.06. The summed E-state index contributed by atoms with van der Waals surface area (Å²) in [4.78, 5) is 24.3. The van der Waals surface area contributed by atoms with Crippen LogP contribution in [0.15, 0.2) is 60.8 Å². The van der Waals surface area contributed by atoms with Gasteiger partial charge in [-0.1, -0.05) is 37.3 Å². The van der Waals surface area contributed by atoms with Crippen molar-refractivity contribution >= 4 is 22.7 Å². The Morgan fingerprint density at radius 1 is 1.04 bits per heavy atom. The van der Waals surface area contributed by atoms with Gasteiger partial charge in [0.1, 0.15) is 12.3 Å². The molecule has 0 spiro atoms. The zero-order chi connectivity index (χ0) is 19.2. The van der Waals surface area contributed by atoms with E-state index >= 15 is 0 Å². The van der Waals surface area contributed by atoms with E-state index in [0.717, 1.165) is 17.3 Å². The van der Waals surface area contributed by atoms with E-state index in [9.17, 15) is 9.59 Å². The molecular weight excluding hydrogens is 342 g/mol. The molecular formula is C21H23N3O3. The molecule has 0 aliphatic rings. The van der Waals surface area contributed by atoms with E-state index in [-0.39, 0.29) is 12.5 Å². The van der Waals surface area contributed by atoms with Gasteiger partial charge in [-0.3, -0.25) is 20.4 Å². The number of ether oxygens (including phenoxy) is 1. The van der Waals surface area contributed by atoms with Gasteiger partial charge < -0.3 is 9.30 Å². The van der Waals surface area contributed by atoms with Crippen LogP contribution >= 0.6 is 0 Å². The smallest absolute Gasteiger partial charge is 0.279 e. The first-order chi connectivity index (χ1) is 13.1. The number of hydrogen-bond donors (Lipinski definition) is 2. The second-order valence-corrected chi connectivity index (χ2v) is 6.30. The van der Waals surface area contributed by atoms with Crippen LogP contribution in [0.3, 0.4) is 0 Å². The zero-order valence-electron chi connectivity index (χ0n) is 15.4. The normalized spacial score (nSPS) is 11.8. The molecule has 2 aromatic carbocycles. The minimum absolute atomic E-state index is 0.113. The molecule has 3 aromatic rings. The van der Waals surface area contributed by atoms with Crippen molar-refractivity contribution in [2.45, 2.75) is 32.9 Å². The monoisotopic (exact) mass is 365 g/mol. The number of carbonyl (C=O) groups excluding carboxylic acids is 2. The lowest BCUT2D eigenvalue weighted by molar-refractivity contribution is -0.132. The van der Waals surface area contributed by atoms with Crippen molar-refractivity contribution in [2.24, 2.45) is 0 Å². The maximum Gasteiger partial charge on any atom is 0.279 e. The number of para-hydroxylation sites is 1. The largest absolute Gasteiger partial charge is 0.481 e. The number of amides is 2. The fourth-order valence-electron chi connectivity index (χ4n) is 2.77. The second-order valence-electron chi connectivity index (χ2n) is 6.30. The minimum atomic E-state index is -0.731. The third-order valence-corrected chi connectivity index (χ3v) is 4.33. The quantitative estimate of drug-likeness (QED) is 0.660. The molecule has 140 valence electrons. The van der Waals surface area contributed by atoms with Crippen molar-refractivity contribution in [1.29, 1.82) is 0 Å². The summed E-state index contributed by atoms with van der Waals surface area (Å²) < 4.78 is 7.43. The van der Waals surface area contributed by atoms with Gasteiger partial charge in [0.25, 0.3) is 11.8 Å². The molecule has 1 unspecified atom stereocenters. The molecule has 1 atom stereocenters. The van der Waals surface area contributed by atoms with Crippen LogP contribution < -0.4 is 15.6 Å². The first-order valence-electron chi connectivity index (χ1n) is 8.95. The molecule has 0 aliphatic heterocycles. The van der Waals surface area contributed by atoms with Crippen molar-refractivity contribution in [2.75, 3.05) is 0 Å². The molecule has 0 bridgehead atoms. The molecule has 0 fully saturated rings. The number of nitrogens with zero attached hydrogens (tertiary/aromatic N) is 1. The Bertz CT molecular complexity index is 931. The van der Waals surface area contributed by atoms with Gasteiger partial charge in [-0.05, 0) is 48.6 Å². The Kier molecular flexibility index (Phi) is 5.76. The highest BCUT2D eigenvalue weighted by Gasteiger charge is 2.15. The predicted molar refractivity (Wildman–Crippen MR) is 104 cm³/mol. The topological polar surface area (TPSA) is 72.4 Å². The first kappa shape index (κ1) is 18.5. The van der Waals surface area contributed by atoms with E-state index in [1.165, 1.54) is 5.56 Å². The van der Waals surface area contributed by atoms with Crippen molar-refractivity contribution in [1.82, 2.24) is 15.4 Å². The van der Waals surface area contributed by atoms with Gasteiger partial charge in [-0.15, -0.1) is 0 Å². The lowest BCUT2D eigenvalue weighted by Crippen LogP contribution is -2.48. The molecule has 0 saturated carbocycles. The molecule has 3 rings (SSSR count). The van der Waals surface area contributed by atoms with Gasteiger partial charge in [0.05, 0.1) is 0 Å². The highest BCUT2D eigenvalue weighted by atomic mass is 16.5. The van der Waals surface area contributed by atoms with E-state index < -0.39 is 12.0 Å². The fourth-order valence-corrected chi connectivity index (χ4v) is 2.77. The summed E-state index contributed by atoms with van der Waals surface area (Å²) in [5, 5.41) is 1.06. The number of aromatic nitrogens is 1. The van der Waals surface area contributed by atoms with Gasteiger partial charge in [-0.2, -0.15) is 0 Å². The number of hydrogen-bond acceptors (Lipinski definition) is 3. The fraction of sp³-hybridized carbons (Fsp3) is 0.238. The first-order valence-corrected chi connectivity index (χ1v) is 8.95. The average molecular weight is 365 g/mol. The summed E-state index contributed by atoms with van der Waals surface area (Å²) in [5.41, 5.74) is 7.00. The SMILES string of the molecule is CCc1ccc(OC(C)C(=O)NNC(=O)Cn2ccc3ccccc32)cc1. The summed E-state index contributed by atoms with van der Waals surface area (Å²) in [5.74, 6) is -0.121. The van der Waals surface area contributed by atoms with Crippen LogP contribution in [0.5, 0.6) is 5.75 Å². The molecule has 6 heteroatoms. The van der Waals surface area contributed by atoms with Crippen molar-refractivity contribution in [3.63, 3.8) is 0 Å². The molecule has 2 amide bonds. The van der Waals surface area contributed by atoms with Gasteiger partial charge in [0.2, 0.25) is 0 Å². The number of hydrazine groups is 1. The molecule has 0 radical (unpaired) electrons. The number of rotatable bonds is 6. The molecule has 27 heavy (non-hydrogen) atoms. The van der Waals surface area contributed by atoms with Gasteiger partial charge in [0.15, 0.2) is 6.10 Å². The Labute approximate surface area is 158 Å². The number of fused-ring (bicyclic) bond motifs is 1. The van der Waals surface area contributed by atoms with Gasteiger partial charge >= 0.3 is 0 Å². The predicted octanol–water partition coefficient (Wildman–Crippen LogP) is 2.82. The van der Waals surface area contributed by atoms with E-state index in [4.69, 9.17) is 4.74 Å². The van der Waals surface area contributed by atoms with Crippen LogP contribution in [-0.4, -0.2) is 22.5 Å². The highest BCUT2D eigenvalue weighted by molar-refractivity contribution is 5.86. The zero-order valence-corrected chi connectivity index (χ0v) is 15.4. The third kappa shape index (κ3) is 4.67. The third-order valence-electron chi connectivity index (χ3n) is 4.33.